The summed E-state index contributed by atoms with van der Waals surface area (Å²) in [6, 6.07) is 7.49. The molecule has 0 aliphatic carbocycles. The van der Waals surface area contributed by atoms with Gasteiger partial charge in [0.2, 0.25) is 0 Å². The molecule has 12 heavy (non-hydrogen) atoms. The number of nitrogens with zero attached hydrogens (tertiary/aromatic N) is 1. The molecule has 0 saturated heterocycles. The number of oxazole rings is 1. The summed E-state index contributed by atoms with van der Waals surface area (Å²) >= 11 is 5.93. The van der Waals surface area contributed by atoms with Gasteiger partial charge in [-0.25, -0.2) is 4.98 Å². The second-order valence-electron chi connectivity index (χ2n) is 2.35. The van der Waals surface area contributed by atoms with Gasteiger partial charge in [0, 0.05) is 5.56 Å². The molecule has 0 atom stereocenters. The summed E-state index contributed by atoms with van der Waals surface area (Å²) in [4.78, 5) is 3.81. The molecule has 1 aromatic heterocycles. The maximum Gasteiger partial charge on any atom is 0.181 e. The van der Waals surface area contributed by atoms with Crippen LogP contribution < -0.4 is 0 Å². The van der Waals surface area contributed by atoms with Crippen LogP contribution in [0, 0.1) is 0 Å². The van der Waals surface area contributed by atoms with Crippen LogP contribution in [0.3, 0.4) is 0 Å². The molecule has 3 heteroatoms. The Kier molecular flexibility index (Phi) is 1.84. The lowest BCUT2D eigenvalue weighted by molar-refractivity contribution is 0.572. The molecule has 0 N–H and O–H groups in total. The summed E-state index contributed by atoms with van der Waals surface area (Å²) < 4.78 is 5.10. The fraction of sp³-hybridized carbons (Fsp3) is 0. The van der Waals surface area contributed by atoms with Gasteiger partial charge in [0.25, 0.3) is 0 Å². The van der Waals surface area contributed by atoms with Gasteiger partial charge in [-0.3, -0.25) is 0 Å². The molecule has 0 unspecified atom stereocenters. The number of rotatable bonds is 1. The monoisotopic (exact) mass is 179 g/mol. The molecule has 2 rings (SSSR count). The standard InChI is InChI=1S/C9H6ClNO/c10-8-4-2-1-3-7(8)9-5-11-6-12-9/h1-6H. The lowest BCUT2D eigenvalue weighted by Crippen LogP contribution is -1.73. The zero-order valence-electron chi connectivity index (χ0n) is 6.20. The maximum atomic E-state index is 5.93. The molecular formula is C9H6ClNO. The first kappa shape index (κ1) is 7.37. The average Bonchev–Trinajstić information content (AvgIpc) is 2.57. The molecule has 0 aliphatic rings. The van der Waals surface area contributed by atoms with Crippen molar-refractivity contribution in [2.75, 3.05) is 0 Å². The molecule has 0 spiro atoms. The van der Waals surface area contributed by atoms with E-state index in [2.05, 4.69) is 4.98 Å². The number of benzene rings is 1. The van der Waals surface area contributed by atoms with Crippen LogP contribution in [0.15, 0.2) is 41.3 Å². The Morgan fingerprint density at radius 1 is 1.25 bits per heavy atom. The van der Waals surface area contributed by atoms with Crippen LogP contribution in [0.1, 0.15) is 0 Å². The highest BCUT2D eigenvalue weighted by atomic mass is 35.5. The molecule has 0 radical (unpaired) electrons. The number of aromatic nitrogens is 1. The SMILES string of the molecule is Clc1ccccc1-c1cnco1. The summed E-state index contributed by atoms with van der Waals surface area (Å²) in [7, 11) is 0. The van der Waals surface area contributed by atoms with Gasteiger partial charge in [0.05, 0.1) is 11.2 Å². The van der Waals surface area contributed by atoms with Crippen molar-refractivity contribution in [1.82, 2.24) is 4.98 Å². The van der Waals surface area contributed by atoms with Gasteiger partial charge in [0.1, 0.15) is 0 Å². The summed E-state index contributed by atoms with van der Waals surface area (Å²) in [5.74, 6) is 0.695. The van der Waals surface area contributed by atoms with Crippen molar-refractivity contribution < 1.29 is 4.42 Å². The lowest BCUT2D eigenvalue weighted by Gasteiger charge is -1.96. The van der Waals surface area contributed by atoms with Gasteiger partial charge in [-0.1, -0.05) is 23.7 Å². The van der Waals surface area contributed by atoms with Crippen LogP contribution in [0.4, 0.5) is 0 Å². The van der Waals surface area contributed by atoms with Crippen LogP contribution in [0.2, 0.25) is 5.02 Å². The van der Waals surface area contributed by atoms with E-state index in [0.29, 0.717) is 10.8 Å². The molecule has 0 bridgehead atoms. The van der Waals surface area contributed by atoms with Gasteiger partial charge in [-0.15, -0.1) is 0 Å². The van der Waals surface area contributed by atoms with Crippen LogP contribution in [-0.4, -0.2) is 4.98 Å². The van der Waals surface area contributed by atoms with Crippen molar-refractivity contribution >= 4 is 11.6 Å². The predicted molar refractivity (Wildman–Crippen MR) is 46.9 cm³/mol. The highest BCUT2D eigenvalue weighted by molar-refractivity contribution is 6.33. The fourth-order valence-corrected chi connectivity index (χ4v) is 1.24. The molecule has 0 amide bonds. The lowest BCUT2D eigenvalue weighted by atomic mass is 10.2. The molecule has 60 valence electrons. The van der Waals surface area contributed by atoms with Crippen LogP contribution in [0.25, 0.3) is 11.3 Å². The van der Waals surface area contributed by atoms with E-state index < -0.39 is 0 Å². The Morgan fingerprint density at radius 2 is 2.08 bits per heavy atom. The summed E-state index contributed by atoms with van der Waals surface area (Å²) in [6.07, 6.45) is 3.03. The summed E-state index contributed by atoms with van der Waals surface area (Å²) in [5.41, 5.74) is 0.872. The Hall–Kier alpha value is -1.28. The first-order chi connectivity index (χ1) is 5.88. The van der Waals surface area contributed by atoms with E-state index in [4.69, 9.17) is 16.0 Å². The van der Waals surface area contributed by atoms with Crippen molar-refractivity contribution in [1.29, 1.82) is 0 Å². The van der Waals surface area contributed by atoms with Crippen molar-refractivity contribution in [3.8, 4) is 11.3 Å². The van der Waals surface area contributed by atoms with E-state index in [0.717, 1.165) is 5.56 Å². The van der Waals surface area contributed by atoms with Crippen LogP contribution in [-0.2, 0) is 0 Å². The van der Waals surface area contributed by atoms with Crippen molar-refractivity contribution in [3.63, 3.8) is 0 Å². The van der Waals surface area contributed by atoms with E-state index in [-0.39, 0.29) is 0 Å². The highest BCUT2D eigenvalue weighted by Crippen LogP contribution is 2.26. The minimum Gasteiger partial charge on any atom is -0.443 e. The fourth-order valence-electron chi connectivity index (χ4n) is 1.01. The minimum atomic E-state index is 0.675. The van der Waals surface area contributed by atoms with Crippen molar-refractivity contribution in [2.24, 2.45) is 0 Å². The molecular weight excluding hydrogens is 174 g/mol. The van der Waals surface area contributed by atoms with E-state index >= 15 is 0 Å². The molecule has 1 heterocycles. The van der Waals surface area contributed by atoms with Gasteiger partial charge >= 0.3 is 0 Å². The zero-order valence-corrected chi connectivity index (χ0v) is 6.95. The Bertz CT molecular complexity index is 370. The first-order valence-electron chi connectivity index (χ1n) is 3.51. The van der Waals surface area contributed by atoms with Gasteiger partial charge in [0.15, 0.2) is 12.2 Å². The molecule has 2 nitrogen and oxygen atoms in total. The molecule has 1 aromatic carbocycles. The number of halogens is 1. The van der Waals surface area contributed by atoms with Crippen molar-refractivity contribution in [3.05, 3.63) is 41.9 Å². The van der Waals surface area contributed by atoms with E-state index in [1.165, 1.54) is 6.39 Å². The highest BCUT2D eigenvalue weighted by Gasteiger charge is 2.03. The average molecular weight is 180 g/mol. The second kappa shape index (κ2) is 2.99. The molecule has 0 fully saturated rings. The Morgan fingerprint density at radius 3 is 2.75 bits per heavy atom. The largest absolute Gasteiger partial charge is 0.443 e. The van der Waals surface area contributed by atoms with Gasteiger partial charge < -0.3 is 4.42 Å². The number of hydrogen-bond donors (Lipinski definition) is 0. The second-order valence-corrected chi connectivity index (χ2v) is 2.75. The van der Waals surface area contributed by atoms with Gasteiger partial charge in [-0.05, 0) is 12.1 Å². The van der Waals surface area contributed by atoms with E-state index in [1.807, 2.05) is 24.3 Å². The molecule has 0 aliphatic heterocycles. The van der Waals surface area contributed by atoms with Crippen LogP contribution >= 0.6 is 11.6 Å². The summed E-state index contributed by atoms with van der Waals surface area (Å²) in [5, 5.41) is 0.675. The van der Waals surface area contributed by atoms with Crippen molar-refractivity contribution in [2.45, 2.75) is 0 Å². The third kappa shape index (κ3) is 1.21. The van der Waals surface area contributed by atoms with Gasteiger partial charge in [-0.2, -0.15) is 0 Å². The first-order valence-corrected chi connectivity index (χ1v) is 3.89. The predicted octanol–water partition coefficient (Wildman–Crippen LogP) is 3.00. The number of hydrogen-bond acceptors (Lipinski definition) is 2. The molecule has 0 saturated carbocycles. The third-order valence-electron chi connectivity index (χ3n) is 1.57. The zero-order chi connectivity index (χ0) is 8.39. The quantitative estimate of drug-likeness (QED) is 0.673. The topological polar surface area (TPSA) is 26.0 Å². The molecule has 2 aromatic rings. The Balaban J connectivity index is 2.55. The minimum absolute atomic E-state index is 0.675. The van der Waals surface area contributed by atoms with E-state index in [9.17, 15) is 0 Å². The summed E-state index contributed by atoms with van der Waals surface area (Å²) in [6.45, 7) is 0. The third-order valence-corrected chi connectivity index (χ3v) is 1.90. The van der Waals surface area contributed by atoms with E-state index in [1.54, 1.807) is 6.20 Å². The normalized spacial score (nSPS) is 10.1. The smallest absolute Gasteiger partial charge is 0.181 e. The maximum absolute atomic E-state index is 5.93. The van der Waals surface area contributed by atoms with Crippen LogP contribution in [0.5, 0.6) is 0 Å². The Labute approximate surface area is 74.8 Å².